The standard InChI is InChI=1S/C26H19ClO4S3/c1-26(2,25(29)30-20-11-5-16(6-12-20)22-15-23(32)34-33-22)31-21-13-7-18(8-14-21)24(28)17-3-9-19(27)10-4-17/h3-15H,1-2H3. The first-order valence-electron chi connectivity index (χ1n) is 10.2. The molecule has 34 heavy (non-hydrogen) atoms. The Morgan fingerprint density at radius 2 is 1.38 bits per heavy atom. The first-order chi connectivity index (χ1) is 16.2. The highest BCUT2D eigenvalue weighted by Gasteiger charge is 2.32. The Kier molecular flexibility index (Phi) is 7.28. The van der Waals surface area contributed by atoms with Crippen LogP contribution in [0, 0.1) is 3.82 Å². The van der Waals surface area contributed by atoms with Crippen LogP contribution >= 0.6 is 44.5 Å². The van der Waals surface area contributed by atoms with E-state index >= 15 is 0 Å². The van der Waals surface area contributed by atoms with Gasteiger partial charge in [0.1, 0.15) is 15.3 Å². The quantitative estimate of drug-likeness (QED) is 0.0806. The largest absolute Gasteiger partial charge is 0.476 e. The van der Waals surface area contributed by atoms with Gasteiger partial charge in [0.05, 0.1) is 0 Å². The van der Waals surface area contributed by atoms with Gasteiger partial charge in [-0.25, -0.2) is 4.79 Å². The second kappa shape index (κ2) is 10.2. The van der Waals surface area contributed by atoms with Crippen LogP contribution in [-0.2, 0) is 4.79 Å². The number of carbonyl (C=O) groups is 2. The summed E-state index contributed by atoms with van der Waals surface area (Å²) in [4.78, 5) is 26.5. The van der Waals surface area contributed by atoms with Gasteiger partial charge in [0.25, 0.3) is 0 Å². The molecule has 0 saturated heterocycles. The van der Waals surface area contributed by atoms with Gasteiger partial charge < -0.3 is 9.47 Å². The summed E-state index contributed by atoms with van der Waals surface area (Å²) >= 11 is 11.1. The molecule has 4 rings (SSSR count). The van der Waals surface area contributed by atoms with E-state index in [-0.39, 0.29) is 5.78 Å². The van der Waals surface area contributed by atoms with Gasteiger partial charge in [0, 0.05) is 21.0 Å². The molecule has 0 saturated carbocycles. The van der Waals surface area contributed by atoms with Crippen LogP contribution in [0.5, 0.6) is 11.5 Å². The maximum atomic E-state index is 12.8. The second-order valence-corrected chi connectivity index (χ2v) is 11.2. The van der Waals surface area contributed by atoms with Crippen molar-refractivity contribution in [3.8, 4) is 21.9 Å². The summed E-state index contributed by atoms with van der Waals surface area (Å²) < 4.78 is 12.3. The molecule has 0 spiro atoms. The zero-order valence-corrected chi connectivity index (χ0v) is 21.4. The van der Waals surface area contributed by atoms with Crippen molar-refractivity contribution in [2.24, 2.45) is 0 Å². The Hall–Kier alpha value is -2.84. The molecule has 0 amide bonds. The van der Waals surface area contributed by atoms with E-state index in [4.69, 9.17) is 33.3 Å². The molecule has 4 aromatic rings. The van der Waals surface area contributed by atoms with Gasteiger partial charge >= 0.3 is 5.97 Å². The normalized spacial score (nSPS) is 11.1. The van der Waals surface area contributed by atoms with E-state index in [9.17, 15) is 9.59 Å². The number of hydrogen-bond acceptors (Lipinski definition) is 7. The predicted molar refractivity (Wildman–Crippen MR) is 140 cm³/mol. The van der Waals surface area contributed by atoms with Crippen LogP contribution < -0.4 is 9.47 Å². The van der Waals surface area contributed by atoms with Gasteiger partial charge in [-0.15, -0.1) is 0 Å². The van der Waals surface area contributed by atoms with E-state index in [0.29, 0.717) is 27.6 Å². The molecule has 0 aliphatic carbocycles. The van der Waals surface area contributed by atoms with Gasteiger partial charge in [-0.05, 0) is 98.3 Å². The number of esters is 1. The lowest BCUT2D eigenvalue weighted by molar-refractivity contribution is -0.149. The van der Waals surface area contributed by atoms with Crippen LogP contribution in [0.3, 0.4) is 0 Å². The maximum Gasteiger partial charge on any atom is 0.355 e. The van der Waals surface area contributed by atoms with Crippen molar-refractivity contribution >= 4 is 56.3 Å². The minimum Gasteiger partial charge on any atom is -0.476 e. The van der Waals surface area contributed by atoms with E-state index in [1.165, 1.54) is 0 Å². The van der Waals surface area contributed by atoms with Crippen LogP contribution in [0.1, 0.15) is 29.8 Å². The minimum atomic E-state index is -1.24. The molecule has 0 bridgehead atoms. The van der Waals surface area contributed by atoms with Crippen molar-refractivity contribution in [3.63, 3.8) is 0 Å². The molecule has 0 fully saturated rings. The van der Waals surface area contributed by atoms with Crippen molar-refractivity contribution in [3.05, 3.63) is 98.8 Å². The fourth-order valence-electron chi connectivity index (χ4n) is 3.07. The van der Waals surface area contributed by atoms with E-state index in [2.05, 4.69) is 0 Å². The van der Waals surface area contributed by atoms with Gasteiger partial charge in [0.2, 0.25) is 5.60 Å². The topological polar surface area (TPSA) is 52.6 Å². The highest BCUT2D eigenvalue weighted by atomic mass is 35.5. The first-order valence-corrected chi connectivity index (χ1v) is 13.2. The number of benzene rings is 3. The van der Waals surface area contributed by atoms with Crippen molar-refractivity contribution in [2.75, 3.05) is 0 Å². The summed E-state index contributed by atoms with van der Waals surface area (Å²) in [5.74, 6) is 0.210. The van der Waals surface area contributed by atoms with Crippen molar-refractivity contribution in [2.45, 2.75) is 19.4 Å². The predicted octanol–water partition coefficient (Wildman–Crippen LogP) is 7.85. The van der Waals surface area contributed by atoms with E-state index in [1.54, 1.807) is 95.2 Å². The molecule has 172 valence electrons. The lowest BCUT2D eigenvalue weighted by Gasteiger charge is -2.24. The molecule has 0 unspecified atom stereocenters. The SMILES string of the molecule is CC(C)(Oc1ccc(C(=O)c2ccc(Cl)cc2)cc1)C(=O)Oc1ccc(-c2cc(=S)ss2)cc1. The van der Waals surface area contributed by atoms with Crippen molar-refractivity contribution in [1.82, 2.24) is 0 Å². The monoisotopic (exact) mass is 526 g/mol. The summed E-state index contributed by atoms with van der Waals surface area (Å²) in [5, 5.41) is 0.569. The summed E-state index contributed by atoms with van der Waals surface area (Å²) in [5.41, 5.74) is 0.815. The van der Waals surface area contributed by atoms with Crippen LogP contribution in [-0.4, -0.2) is 17.4 Å². The van der Waals surface area contributed by atoms with E-state index < -0.39 is 11.6 Å². The summed E-state index contributed by atoms with van der Waals surface area (Å²) in [6.07, 6.45) is 0. The lowest BCUT2D eigenvalue weighted by atomic mass is 10.0. The Bertz CT molecular complexity index is 1370. The lowest BCUT2D eigenvalue weighted by Crippen LogP contribution is -2.41. The smallest absolute Gasteiger partial charge is 0.355 e. The maximum absolute atomic E-state index is 12.8. The highest BCUT2D eigenvalue weighted by molar-refractivity contribution is 7.80. The third kappa shape index (κ3) is 5.80. The molecule has 4 nitrogen and oxygen atoms in total. The van der Waals surface area contributed by atoms with Crippen LogP contribution in [0.25, 0.3) is 10.4 Å². The van der Waals surface area contributed by atoms with Crippen LogP contribution in [0.15, 0.2) is 78.9 Å². The molecular weight excluding hydrogens is 508 g/mol. The number of ketones is 1. The fraction of sp³-hybridized carbons (Fsp3) is 0.115. The first kappa shape index (κ1) is 24.3. The van der Waals surface area contributed by atoms with Gasteiger partial charge in [-0.3, -0.25) is 4.79 Å². The average Bonchev–Trinajstić information content (AvgIpc) is 3.26. The van der Waals surface area contributed by atoms with Crippen molar-refractivity contribution in [1.29, 1.82) is 0 Å². The second-order valence-electron chi connectivity index (χ2n) is 7.88. The summed E-state index contributed by atoms with van der Waals surface area (Å²) in [7, 11) is 3.16. The number of carbonyl (C=O) groups excluding carboxylic acids is 2. The molecule has 0 N–H and O–H groups in total. The molecule has 0 aliphatic rings. The van der Waals surface area contributed by atoms with Gasteiger partial charge in [0.15, 0.2) is 5.78 Å². The third-order valence-corrected chi connectivity index (χ3v) is 8.06. The fourth-order valence-corrected chi connectivity index (χ4v) is 5.60. The Balaban J connectivity index is 1.40. The number of ether oxygens (including phenoxy) is 2. The Morgan fingerprint density at radius 3 is 1.94 bits per heavy atom. The van der Waals surface area contributed by atoms with Crippen molar-refractivity contribution < 1.29 is 19.1 Å². The number of halogens is 1. The van der Waals surface area contributed by atoms with Gasteiger partial charge in [-0.1, -0.05) is 44.5 Å². The number of rotatable bonds is 7. The molecule has 1 aromatic heterocycles. The molecule has 1 heterocycles. The minimum absolute atomic E-state index is 0.127. The van der Waals surface area contributed by atoms with Gasteiger partial charge in [-0.2, -0.15) is 0 Å². The Morgan fingerprint density at radius 1 is 0.824 bits per heavy atom. The molecule has 8 heteroatoms. The summed E-state index contributed by atoms with van der Waals surface area (Å²) in [6, 6.07) is 22.6. The molecule has 0 aliphatic heterocycles. The highest BCUT2D eigenvalue weighted by Crippen LogP contribution is 2.31. The van der Waals surface area contributed by atoms with Crippen LogP contribution in [0.4, 0.5) is 0 Å². The molecule has 3 aromatic carbocycles. The molecule has 0 atom stereocenters. The number of hydrogen-bond donors (Lipinski definition) is 0. The zero-order valence-electron chi connectivity index (χ0n) is 18.2. The molecular formula is C26H19ClO4S3. The van der Waals surface area contributed by atoms with E-state index in [1.807, 2.05) is 18.2 Å². The Labute approximate surface area is 214 Å². The van der Waals surface area contributed by atoms with Crippen LogP contribution in [0.2, 0.25) is 5.02 Å². The van der Waals surface area contributed by atoms with E-state index in [0.717, 1.165) is 14.3 Å². The zero-order chi connectivity index (χ0) is 24.3. The average molecular weight is 527 g/mol. The summed E-state index contributed by atoms with van der Waals surface area (Å²) in [6.45, 7) is 3.27. The third-order valence-electron chi connectivity index (χ3n) is 4.90. The molecule has 0 radical (unpaired) electrons.